The number of esters is 1. The minimum atomic E-state index is -1.37. The maximum atomic E-state index is 15.1. The molecule has 1 aromatic carbocycles. The predicted molar refractivity (Wildman–Crippen MR) is 150 cm³/mol. The molecule has 8 atom stereocenters. The van der Waals surface area contributed by atoms with Crippen molar-refractivity contribution in [2.75, 3.05) is 27.4 Å². The van der Waals surface area contributed by atoms with E-state index in [0.29, 0.717) is 25.0 Å². The van der Waals surface area contributed by atoms with Crippen LogP contribution in [-0.4, -0.2) is 63.5 Å². The molecule has 8 nitrogen and oxygen atoms in total. The Hall–Kier alpha value is -2.01. The molecule has 0 spiro atoms. The molecule has 0 saturated heterocycles. The number of rotatable bonds is 8. The molecule has 3 aliphatic carbocycles. The number of methoxy groups -OCH3 is 2. The van der Waals surface area contributed by atoms with Crippen LogP contribution in [0, 0.1) is 39.8 Å². The molecule has 1 aromatic rings. The number of ether oxygens (including phenoxy) is 4. The van der Waals surface area contributed by atoms with Gasteiger partial charge in [-0.2, -0.15) is 0 Å². The summed E-state index contributed by atoms with van der Waals surface area (Å²) in [6, 6.07) is 3.05. The topological polar surface area (TPSA) is 101 Å². The van der Waals surface area contributed by atoms with Gasteiger partial charge in [-0.15, -0.1) is 0 Å². The Balaban J connectivity index is 1.46. The summed E-state index contributed by atoms with van der Waals surface area (Å²) >= 11 is 0. The van der Waals surface area contributed by atoms with E-state index in [2.05, 4.69) is 20.8 Å². The molecule has 1 heterocycles. The quantitative estimate of drug-likeness (QED) is 0.370. The second-order valence-electron chi connectivity index (χ2n) is 13.3. The Labute approximate surface area is 242 Å². The van der Waals surface area contributed by atoms with Gasteiger partial charge in [-0.05, 0) is 61.5 Å². The van der Waals surface area contributed by atoms with Crippen LogP contribution in [0.3, 0.4) is 0 Å². The Bertz CT molecular complexity index is 1180. The normalized spacial score (nSPS) is 38.2. The van der Waals surface area contributed by atoms with Crippen molar-refractivity contribution >= 4 is 24.3 Å². The summed E-state index contributed by atoms with van der Waals surface area (Å²) in [5, 5.41) is 9.98. The van der Waals surface area contributed by atoms with Crippen LogP contribution in [0.5, 0.6) is 5.75 Å². The number of carbonyl (C=O) groups excluding carboxylic acids is 2. The minimum absolute atomic E-state index is 0.0316. The fourth-order valence-corrected chi connectivity index (χ4v) is 8.91. The van der Waals surface area contributed by atoms with E-state index in [1.807, 2.05) is 6.92 Å². The van der Waals surface area contributed by atoms with Gasteiger partial charge in [0.1, 0.15) is 11.9 Å². The van der Waals surface area contributed by atoms with Gasteiger partial charge in [-0.25, -0.2) is 9.18 Å². The number of fused-ring (bicyclic) bond motifs is 1. The maximum Gasteiger partial charge on any atom is 0.494 e. The highest BCUT2D eigenvalue weighted by atomic mass is 19.1. The zero-order chi connectivity index (χ0) is 29.7. The summed E-state index contributed by atoms with van der Waals surface area (Å²) in [4.78, 5) is 27.7. The molecule has 0 unspecified atom stereocenters. The molecule has 2 bridgehead atoms. The highest BCUT2D eigenvalue weighted by molar-refractivity contribution is 6.61. The standard InChI is InChI=1S/C31H44BFO8/c1-18-9-11-31-12-10-22(38-6)27(31)30(18,4)23(15-29(3,13-14-37-5)28(35)19(31)2)41-24(34)17-39-21-8-7-20-16-40-32(36)25(20)26(21)33/h7-8,18-19,22-23,27,36H,9-17H2,1-6H3/t18-,19-,22+,23+,27+,29+,30-,31-/m0/s1. The SMILES string of the molecule is COCC[C@]1(C)C[C@@H](OC(=O)COc2ccc3c(c2F)B(O)OC3)[C@]2(C)[C@@H](C)CC[C@]3(CC[C@@H](OC)[C@@H]32)[C@@H](C)C1=O. The average molecular weight is 574 g/mol. The first-order chi connectivity index (χ1) is 19.4. The van der Waals surface area contributed by atoms with Crippen LogP contribution < -0.4 is 10.2 Å². The lowest BCUT2D eigenvalue weighted by atomic mass is 9.43. The predicted octanol–water partition coefficient (Wildman–Crippen LogP) is 3.83. The van der Waals surface area contributed by atoms with E-state index in [-0.39, 0.29) is 52.9 Å². The van der Waals surface area contributed by atoms with Crippen molar-refractivity contribution in [3.05, 3.63) is 23.5 Å². The second-order valence-corrected chi connectivity index (χ2v) is 13.3. The molecule has 226 valence electrons. The largest absolute Gasteiger partial charge is 0.494 e. The van der Waals surface area contributed by atoms with Crippen LogP contribution >= 0.6 is 0 Å². The lowest BCUT2D eigenvalue weighted by molar-refractivity contribution is -0.208. The van der Waals surface area contributed by atoms with Gasteiger partial charge in [0.2, 0.25) is 0 Å². The number of hydrogen-bond acceptors (Lipinski definition) is 8. The molecule has 41 heavy (non-hydrogen) atoms. The molecule has 0 aromatic heterocycles. The van der Waals surface area contributed by atoms with Crippen molar-refractivity contribution in [3.8, 4) is 5.75 Å². The highest BCUT2D eigenvalue weighted by Crippen LogP contribution is 2.68. The van der Waals surface area contributed by atoms with Crippen molar-refractivity contribution in [2.45, 2.75) is 85.0 Å². The second kappa shape index (κ2) is 11.2. The molecule has 0 radical (unpaired) electrons. The third-order valence-electron chi connectivity index (χ3n) is 11.5. The highest BCUT2D eigenvalue weighted by Gasteiger charge is 2.68. The lowest BCUT2D eigenvalue weighted by Crippen LogP contribution is -2.63. The lowest BCUT2D eigenvalue weighted by Gasteiger charge is -2.62. The van der Waals surface area contributed by atoms with Crippen LogP contribution in [0.25, 0.3) is 0 Å². The van der Waals surface area contributed by atoms with E-state index in [1.165, 1.54) is 6.07 Å². The van der Waals surface area contributed by atoms with Gasteiger partial charge in [0.25, 0.3) is 0 Å². The van der Waals surface area contributed by atoms with Crippen molar-refractivity contribution in [1.29, 1.82) is 0 Å². The third-order valence-corrected chi connectivity index (χ3v) is 11.5. The molecule has 1 N–H and O–H groups in total. The number of ketones is 1. The van der Waals surface area contributed by atoms with Crippen molar-refractivity contribution < 1.29 is 42.6 Å². The maximum absolute atomic E-state index is 15.1. The smallest absolute Gasteiger partial charge is 0.479 e. The monoisotopic (exact) mass is 574 g/mol. The van der Waals surface area contributed by atoms with Gasteiger partial charge >= 0.3 is 13.1 Å². The van der Waals surface area contributed by atoms with Crippen LogP contribution in [-0.2, 0) is 35.1 Å². The first-order valence-corrected chi connectivity index (χ1v) is 14.9. The fraction of sp³-hybridized carbons (Fsp3) is 0.742. The van der Waals surface area contributed by atoms with E-state index in [0.717, 1.165) is 25.7 Å². The first kappa shape index (κ1) is 30.5. The average Bonchev–Trinajstić information content (AvgIpc) is 3.54. The molecular formula is C31H44BFO8. The first-order valence-electron chi connectivity index (χ1n) is 14.9. The summed E-state index contributed by atoms with van der Waals surface area (Å²) in [5.41, 5.74) is -0.852. The minimum Gasteiger partial charge on any atom is -0.479 e. The van der Waals surface area contributed by atoms with Gasteiger partial charge < -0.3 is 28.6 Å². The fourth-order valence-electron chi connectivity index (χ4n) is 8.91. The zero-order valence-electron chi connectivity index (χ0n) is 25.2. The van der Waals surface area contributed by atoms with Crippen molar-refractivity contribution in [1.82, 2.24) is 0 Å². The van der Waals surface area contributed by atoms with Crippen LogP contribution in [0.1, 0.15) is 71.8 Å². The van der Waals surface area contributed by atoms with Crippen molar-refractivity contribution in [2.24, 2.45) is 34.0 Å². The molecule has 4 aliphatic rings. The summed E-state index contributed by atoms with van der Waals surface area (Å²) in [5.74, 6) is -1.21. The van der Waals surface area contributed by atoms with E-state index in [9.17, 15) is 14.6 Å². The van der Waals surface area contributed by atoms with Gasteiger partial charge in [0, 0.05) is 49.0 Å². The summed E-state index contributed by atoms with van der Waals surface area (Å²) in [6.07, 6.45) is 3.94. The summed E-state index contributed by atoms with van der Waals surface area (Å²) < 4.78 is 43.5. The Morgan fingerprint density at radius 2 is 1.93 bits per heavy atom. The Kier molecular flexibility index (Phi) is 8.35. The molecular weight excluding hydrogens is 530 g/mol. The van der Waals surface area contributed by atoms with Crippen molar-refractivity contribution in [3.63, 3.8) is 0 Å². The third kappa shape index (κ3) is 4.83. The number of carbonyl (C=O) groups is 2. The van der Waals surface area contributed by atoms with Gasteiger partial charge in [-0.1, -0.05) is 33.8 Å². The van der Waals surface area contributed by atoms with Gasteiger partial charge in [0.15, 0.2) is 18.2 Å². The Morgan fingerprint density at radius 1 is 1.20 bits per heavy atom. The van der Waals surface area contributed by atoms with Crippen LogP contribution in [0.2, 0.25) is 0 Å². The Morgan fingerprint density at radius 3 is 2.63 bits per heavy atom. The molecule has 10 heteroatoms. The summed E-state index contributed by atoms with van der Waals surface area (Å²) in [6.45, 7) is 8.55. The van der Waals surface area contributed by atoms with Gasteiger partial charge in [0.05, 0.1) is 12.7 Å². The van der Waals surface area contributed by atoms with E-state index in [4.69, 9.17) is 23.6 Å². The van der Waals surface area contributed by atoms with Crippen LogP contribution in [0.4, 0.5) is 4.39 Å². The van der Waals surface area contributed by atoms with Crippen LogP contribution in [0.15, 0.2) is 12.1 Å². The molecule has 5 rings (SSSR count). The van der Waals surface area contributed by atoms with E-state index >= 15 is 4.39 Å². The van der Waals surface area contributed by atoms with E-state index in [1.54, 1.807) is 20.3 Å². The number of benzene rings is 1. The van der Waals surface area contributed by atoms with Gasteiger partial charge in [-0.3, -0.25) is 4.79 Å². The van der Waals surface area contributed by atoms with E-state index < -0.39 is 42.4 Å². The molecule has 1 aliphatic heterocycles. The number of hydrogen-bond donors (Lipinski definition) is 1. The zero-order valence-corrected chi connectivity index (χ0v) is 25.2. The molecule has 3 saturated carbocycles. The summed E-state index contributed by atoms with van der Waals surface area (Å²) in [7, 11) is 2.00. The number of halogens is 1. The number of Topliss-reactive ketones (excluding diaryl/α,β-unsaturated/α-hetero) is 1. The molecule has 3 fully saturated rings. The molecule has 0 amide bonds.